The summed E-state index contributed by atoms with van der Waals surface area (Å²) in [6, 6.07) is 9.92. The summed E-state index contributed by atoms with van der Waals surface area (Å²) < 4.78 is 5.67. The Balaban J connectivity index is 1.54. The van der Waals surface area contributed by atoms with E-state index in [1.807, 2.05) is 37.4 Å². The van der Waals surface area contributed by atoms with E-state index in [1.165, 1.54) is 19.5 Å². The van der Waals surface area contributed by atoms with E-state index in [9.17, 15) is 0 Å². The van der Waals surface area contributed by atoms with Crippen LogP contribution in [0.25, 0.3) is 0 Å². The van der Waals surface area contributed by atoms with Crippen molar-refractivity contribution in [2.45, 2.75) is 12.8 Å². The van der Waals surface area contributed by atoms with Crippen molar-refractivity contribution in [3.05, 3.63) is 30.3 Å². The van der Waals surface area contributed by atoms with E-state index in [-0.39, 0.29) is 0 Å². The normalized spacial score (nSPS) is 19.2. The summed E-state index contributed by atoms with van der Waals surface area (Å²) in [6.45, 7) is 4.94. The van der Waals surface area contributed by atoms with Gasteiger partial charge in [0.25, 0.3) is 0 Å². The number of hydrogen-bond acceptors (Lipinski definition) is 3. The Kier molecular flexibility index (Phi) is 7.03. The Morgan fingerprint density at radius 2 is 2.14 bits per heavy atom. The molecule has 122 valence electrons. The smallest absolute Gasteiger partial charge is 0.190 e. The molecule has 1 fully saturated rings. The first-order chi connectivity index (χ1) is 10.8. The van der Waals surface area contributed by atoms with Crippen LogP contribution in [-0.2, 0) is 0 Å². The molecule has 0 aromatic heterocycles. The van der Waals surface area contributed by atoms with Gasteiger partial charge in [-0.2, -0.15) is 0 Å². The maximum Gasteiger partial charge on any atom is 0.190 e. The van der Waals surface area contributed by atoms with Crippen molar-refractivity contribution in [3.63, 3.8) is 0 Å². The highest BCUT2D eigenvalue weighted by atomic mass is 16.5. The number of aliphatic imine (C=N–C) groups is 1. The molecule has 1 saturated heterocycles. The molecule has 1 atom stereocenters. The zero-order chi connectivity index (χ0) is 15.6. The fourth-order valence-corrected chi connectivity index (χ4v) is 2.64. The van der Waals surface area contributed by atoms with Crippen molar-refractivity contribution < 1.29 is 4.74 Å². The fourth-order valence-electron chi connectivity index (χ4n) is 2.64. The van der Waals surface area contributed by atoms with Gasteiger partial charge >= 0.3 is 0 Å². The van der Waals surface area contributed by atoms with Crippen LogP contribution in [0.15, 0.2) is 35.3 Å². The molecule has 5 heteroatoms. The summed E-state index contributed by atoms with van der Waals surface area (Å²) in [5.41, 5.74) is 0. The van der Waals surface area contributed by atoms with E-state index in [0.717, 1.165) is 37.1 Å². The van der Waals surface area contributed by atoms with Gasteiger partial charge in [0.05, 0.1) is 6.61 Å². The third-order valence-corrected chi connectivity index (χ3v) is 3.90. The lowest BCUT2D eigenvalue weighted by atomic mass is 10.1. The lowest BCUT2D eigenvalue weighted by Gasteiger charge is -2.15. The second kappa shape index (κ2) is 9.30. The maximum absolute atomic E-state index is 5.67. The molecule has 1 unspecified atom stereocenters. The highest BCUT2D eigenvalue weighted by molar-refractivity contribution is 5.79. The number of nitrogens with zero attached hydrogens (tertiary/aromatic N) is 2. The number of benzene rings is 1. The molecule has 1 heterocycles. The highest BCUT2D eigenvalue weighted by Gasteiger charge is 2.19. The second-order valence-electron chi connectivity index (χ2n) is 5.81. The third-order valence-electron chi connectivity index (χ3n) is 3.90. The van der Waals surface area contributed by atoms with Crippen molar-refractivity contribution in [1.29, 1.82) is 0 Å². The van der Waals surface area contributed by atoms with Crippen LogP contribution in [0.4, 0.5) is 0 Å². The molecule has 0 amide bonds. The predicted molar refractivity (Wildman–Crippen MR) is 91.5 cm³/mol. The Hall–Kier alpha value is -1.75. The van der Waals surface area contributed by atoms with E-state index in [2.05, 4.69) is 27.6 Å². The van der Waals surface area contributed by atoms with Crippen LogP contribution < -0.4 is 15.4 Å². The van der Waals surface area contributed by atoms with Crippen LogP contribution in [-0.4, -0.2) is 57.7 Å². The number of para-hydroxylation sites is 1. The van der Waals surface area contributed by atoms with Gasteiger partial charge in [0, 0.05) is 26.7 Å². The largest absolute Gasteiger partial charge is 0.494 e. The van der Waals surface area contributed by atoms with E-state index in [0.29, 0.717) is 6.61 Å². The third kappa shape index (κ3) is 5.93. The average Bonchev–Trinajstić information content (AvgIpc) is 2.96. The number of nitrogens with one attached hydrogen (secondary N) is 2. The van der Waals surface area contributed by atoms with Crippen molar-refractivity contribution in [3.8, 4) is 5.75 Å². The lowest BCUT2D eigenvalue weighted by Crippen LogP contribution is -2.40. The van der Waals surface area contributed by atoms with Crippen LogP contribution in [0.2, 0.25) is 0 Å². The van der Waals surface area contributed by atoms with Gasteiger partial charge in [0.1, 0.15) is 5.75 Å². The predicted octanol–water partition coefficient (Wildman–Crippen LogP) is 1.57. The van der Waals surface area contributed by atoms with Gasteiger partial charge in [-0.15, -0.1) is 0 Å². The molecule has 0 spiro atoms. The average molecular weight is 304 g/mol. The van der Waals surface area contributed by atoms with E-state index in [4.69, 9.17) is 4.74 Å². The number of rotatable bonds is 7. The molecule has 1 aliphatic heterocycles. The van der Waals surface area contributed by atoms with Crippen molar-refractivity contribution in [2.75, 3.05) is 46.9 Å². The summed E-state index contributed by atoms with van der Waals surface area (Å²) in [4.78, 5) is 6.64. The van der Waals surface area contributed by atoms with Gasteiger partial charge in [-0.3, -0.25) is 4.99 Å². The van der Waals surface area contributed by atoms with Gasteiger partial charge in [-0.1, -0.05) is 18.2 Å². The second-order valence-corrected chi connectivity index (χ2v) is 5.81. The molecule has 2 rings (SSSR count). The summed E-state index contributed by atoms with van der Waals surface area (Å²) in [5, 5.41) is 6.75. The van der Waals surface area contributed by atoms with Crippen LogP contribution in [0.5, 0.6) is 5.75 Å². The topological polar surface area (TPSA) is 48.9 Å². The number of hydrogen-bond donors (Lipinski definition) is 2. The molecule has 2 N–H and O–H groups in total. The Morgan fingerprint density at radius 1 is 1.32 bits per heavy atom. The van der Waals surface area contributed by atoms with E-state index < -0.39 is 0 Å². The number of ether oxygens (including phenoxy) is 1. The van der Waals surface area contributed by atoms with Gasteiger partial charge < -0.3 is 20.3 Å². The molecular formula is C17H28N4O. The monoisotopic (exact) mass is 304 g/mol. The Labute approximate surface area is 133 Å². The summed E-state index contributed by atoms with van der Waals surface area (Å²) >= 11 is 0. The fraction of sp³-hybridized carbons (Fsp3) is 0.588. The molecule has 0 aliphatic carbocycles. The van der Waals surface area contributed by atoms with Gasteiger partial charge in [-0.25, -0.2) is 0 Å². The number of likely N-dealkylation sites (tertiary alicyclic amines) is 1. The minimum atomic E-state index is 0.710. The molecule has 0 saturated carbocycles. The Morgan fingerprint density at radius 3 is 2.82 bits per heavy atom. The quantitative estimate of drug-likeness (QED) is 0.456. The first kappa shape index (κ1) is 16.6. The zero-order valence-corrected chi connectivity index (χ0v) is 13.7. The van der Waals surface area contributed by atoms with Gasteiger partial charge in [0.2, 0.25) is 0 Å². The van der Waals surface area contributed by atoms with E-state index >= 15 is 0 Å². The van der Waals surface area contributed by atoms with Crippen LogP contribution in [0, 0.1) is 5.92 Å². The minimum absolute atomic E-state index is 0.710. The highest BCUT2D eigenvalue weighted by Crippen LogP contribution is 2.12. The van der Waals surface area contributed by atoms with Gasteiger partial charge in [-0.05, 0) is 44.5 Å². The molecular weight excluding hydrogens is 276 g/mol. The summed E-state index contributed by atoms with van der Waals surface area (Å²) in [5.74, 6) is 2.54. The van der Waals surface area contributed by atoms with Gasteiger partial charge in [0.15, 0.2) is 5.96 Å². The zero-order valence-electron chi connectivity index (χ0n) is 13.7. The van der Waals surface area contributed by atoms with Crippen LogP contribution in [0.3, 0.4) is 0 Å². The SMILES string of the molecule is CN=C(NCCCOc1ccccc1)NCC1CCN(C)C1. The number of guanidine groups is 1. The maximum atomic E-state index is 5.67. The van der Waals surface area contributed by atoms with Crippen LogP contribution >= 0.6 is 0 Å². The Bertz CT molecular complexity index is 449. The molecule has 22 heavy (non-hydrogen) atoms. The minimum Gasteiger partial charge on any atom is -0.494 e. The lowest BCUT2D eigenvalue weighted by molar-refractivity contribution is 0.311. The molecule has 0 radical (unpaired) electrons. The first-order valence-electron chi connectivity index (χ1n) is 8.09. The van der Waals surface area contributed by atoms with Crippen molar-refractivity contribution in [1.82, 2.24) is 15.5 Å². The van der Waals surface area contributed by atoms with Crippen molar-refractivity contribution in [2.24, 2.45) is 10.9 Å². The molecule has 0 bridgehead atoms. The first-order valence-corrected chi connectivity index (χ1v) is 8.09. The summed E-state index contributed by atoms with van der Waals surface area (Å²) in [6.07, 6.45) is 2.22. The molecule has 1 aromatic rings. The molecule has 5 nitrogen and oxygen atoms in total. The van der Waals surface area contributed by atoms with Crippen LogP contribution in [0.1, 0.15) is 12.8 Å². The summed E-state index contributed by atoms with van der Waals surface area (Å²) in [7, 11) is 4.00. The standard InChI is InChI=1S/C17H28N4O/c1-18-17(20-13-15-9-11-21(2)14-15)19-10-6-12-22-16-7-4-3-5-8-16/h3-5,7-8,15H,6,9-14H2,1-2H3,(H2,18,19,20). The van der Waals surface area contributed by atoms with Crippen molar-refractivity contribution >= 4 is 5.96 Å². The van der Waals surface area contributed by atoms with E-state index in [1.54, 1.807) is 0 Å². The molecule has 1 aliphatic rings. The molecule has 1 aromatic carbocycles.